The van der Waals surface area contributed by atoms with Crippen LogP contribution < -0.4 is 9.47 Å². The third-order valence-corrected chi connectivity index (χ3v) is 3.20. The molecule has 0 aromatic carbocycles. The van der Waals surface area contributed by atoms with Crippen molar-refractivity contribution in [2.45, 2.75) is 33.8 Å². The number of aryl methyl sites for hydroxylation is 3. The average Bonchev–Trinajstić information content (AvgIpc) is 2.55. The Morgan fingerprint density at radius 1 is 0.909 bits per heavy atom. The van der Waals surface area contributed by atoms with E-state index in [1.807, 2.05) is 13.8 Å². The monoisotopic (exact) mass is 304 g/mol. The molecule has 2 heterocycles. The van der Waals surface area contributed by atoms with Crippen LogP contribution in [0.4, 0.5) is 0 Å². The Kier molecular flexibility index (Phi) is 7.32. The van der Waals surface area contributed by atoms with Gasteiger partial charge in [0, 0.05) is 5.69 Å². The van der Waals surface area contributed by atoms with Crippen LogP contribution in [0.2, 0.25) is 0 Å². The van der Waals surface area contributed by atoms with Crippen LogP contribution in [0.1, 0.15) is 29.4 Å². The van der Waals surface area contributed by atoms with Crippen LogP contribution in [-0.4, -0.2) is 29.3 Å². The first-order valence-electron chi connectivity index (χ1n) is 7.15. The first kappa shape index (κ1) is 17.9. The van der Waals surface area contributed by atoms with Crippen molar-refractivity contribution in [3.63, 3.8) is 0 Å². The molecule has 0 unspecified atom stereocenters. The number of ether oxygens (including phenoxy) is 2. The second-order valence-electron chi connectivity index (χ2n) is 4.80. The number of pyridine rings is 2. The molecule has 2 aromatic rings. The third kappa shape index (κ3) is 5.00. The average molecular weight is 304 g/mol. The lowest BCUT2D eigenvalue weighted by Gasteiger charge is -2.04. The minimum atomic E-state index is -0.0230. The normalized spacial score (nSPS) is 9.73. The van der Waals surface area contributed by atoms with Crippen molar-refractivity contribution in [3.8, 4) is 11.5 Å². The summed E-state index contributed by atoms with van der Waals surface area (Å²) in [6, 6.07) is 3.86. The highest BCUT2D eigenvalue weighted by atomic mass is 16.5. The van der Waals surface area contributed by atoms with Crippen molar-refractivity contribution in [2.75, 3.05) is 14.2 Å². The number of aromatic nitrogens is 2. The molecule has 0 saturated heterocycles. The predicted molar refractivity (Wildman–Crippen MR) is 86.4 cm³/mol. The molecule has 0 aliphatic heterocycles. The van der Waals surface area contributed by atoms with E-state index in [0.717, 1.165) is 34.7 Å². The molecule has 2 rings (SSSR count). The van der Waals surface area contributed by atoms with Crippen LogP contribution in [-0.2, 0) is 13.0 Å². The molecule has 0 atom stereocenters. The second-order valence-corrected chi connectivity index (χ2v) is 4.80. The minimum absolute atomic E-state index is 0.0230. The van der Waals surface area contributed by atoms with E-state index >= 15 is 0 Å². The number of aliphatic hydroxyl groups is 1. The van der Waals surface area contributed by atoms with Gasteiger partial charge < -0.3 is 14.6 Å². The second kappa shape index (κ2) is 9.00. The maximum absolute atomic E-state index is 8.72. The summed E-state index contributed by atoms with van der Waals surface area (Å²) >= 11 is 0. The van der Waals surface area contributed by atoms with Gasteiger partial charge in [-0.15, -0.1) is 0 Å². The summed E-state index contributed by atoms with van der Waals surface area (Å²) in [5.41, 5.74) is 3.93. The van der Waals surface area contributed by atoms with Crippen molar-refractivity contribution in [1.82, 2.24) is 9.97 Å². The number of aliphatic hydroxyl groups excluding tert-OH is 1. The van der Waals surface area contributed by atoms with Crippen molar-refractivity contribution >= 4 is 0 Å². The Morgan fingerprint density at radius 3 is 1.73 bits per heavy atom. The highest BCUT2D eigenvalue weighted by Gasteiger charge is 1.99. The summed E-state index contributed by atoms with van der Waals surface area (Å²) in [7, 11) is 3.26. The lowest BCUT2D eigenvalue weighted by atomic mass is 10.2. The molecule has 0 amide bonds. The van der Waals surface area contributed by atoms with Crippen LogP contribution in [0, 0.1) is 13.8 Å². The molecule has 5 heteroatoms. The molecule has 5 nitrogen and oxygen atoms in total. The number of rotatable bonds is 4. The Balaban J connectivity index is 0.000000220. The van der Waals surface area contributed by atoms with Gasteiger partial charge in [0.05, 0.1) is 38.9 Å². The van der Waals surface area contributed by atoms with Gasteiger partial charge in [-0.2, -0.15) is 0 Å². The van der Waals surface area contributed by atoms with E-state index in [4.69, 9.17) is 14.6 Å². The fourth-order valence-electron chi connectivity index (χ4n) is 1.91. The SMILES string of the molecule is CCc1cc(C)c(OC)cn1.COc1cnc(CO)cc1C. The van der Waals surface area contributed by atoms with Crippen LogP contribution in [0.25, 0.3) is 0 Å². The summed E-state index contributed by atoms with van der Waals surface area (Å²) in [6.45, 7) is 6.01. The summed E-state index contributed by atoms with van der Waals surface area (Å²) in [6.07, 6.45) is 4.36. The van der Waals surface area contributed by atoms with Gasteiger partial charge in [-0.1, -0.05) is 6.92 Å². The standard InChI is InChI=1S/C9H13NO.C8H11NO2/c1-4-8-5-7(2)9(11-3)6-10-8;1-6-3-7(5-10)9-4-8(6)11-2/h5-6H,4H2,1-3H3;3-4,10H,5H2,1-2H3. The maximum atomic E-state index is 8.72. The van der Waals surface area contributed by atoms with E-state index in [0.29, 0.717) is 5.69 Å². The Labute approximate surface area is 132 Å². The lowest BCUT2D eigenvalue weighted by molar-refractivity contribution is 0.276. The van der Waals surface area contributed by atoms with E-state index in [-0.39, 0.29) is 6.61 Å². The zero-order chi connectivity index (χ0) is 16.5. The van der Waals surface area contributed by atoms with Crippen LogP contribution in [0.5, 0.6) is 11.5 Å². The first-order chi connectivity index (χ1) is 10.5. The fourth-order valence-corrected chi connectivity index (χ4v) is 1.91. The summed E-state index contributed by atoms with van der Waals surface area (Å²) in [4.78, 5) is 8.16. The zero-order valence-corrected chi connectivity index (χ0v) is 13.9. The van der Waals surface area contributed by atoms with Crippen molar-refractivity contribution < 1.29 is 14.6 Å². The molecule has 2 aromatic heterocycles. The van der Waals surface area contributed by atoms with Crippen molar-refractivity contribution in [2.24, 2.45) is 0 Å². The topological polar surface area (TPSA) is 64.5 Å². The van der Waals surface area contributed by atoms with Crippen LogP contribution in [0.3, 0.4) is 0 Å². The van der Waals surface area contributed by atoms with Crippen LogP contribution >= 0.6 is 0 Å². The molecule has 0 aliphatic carbocycles. The van der Waals surface area contributed by atoms with Gasteiger partial charge in [0.2, 0.25) is 0 Å². The molecule has 22 heavy (non-hydrogen) atoms. The highest BCUT2D eigenvalue weighted by Crippen LogP contribution is 2.16. The Morgan fingerprint density at radius 2 is 1.36 bits per heavy atom. The van der Waals surface area contributed by atoms with Gasteiger partial charge in [0.1, 0.15) is 11.5 Å². The van der Waals surface area contributed by atoms with Crippen molar-refractivity contribution in [3.05, 3.63) is 47.0 Å². The van der Waals surface area contributed by atoms with Gasteiger partial charge in [-0.3, -0.25) is 9.97 Å². The molecular weight excluding hydrogens is 280 g/mol. The number of methoxy groups -OCH3 is 2. The Bertz CT molecular complexity index is 547. The molecule has 0 radical (unpaired) electrons. The predicted octanol–water partition coefficient (Wildman–Crippen LogP) is 2.85. The minimum Gasteiger partial charge on any atom is -0.495 e. The van der Waals surface area contributed by atoms with Crippen molar-refractivity contribution in [1.29, 1.82) is 0 Å². The zero-order valence-electron chi connectivity index (χ0n) is 13.9. The van der Waals surface area contributed by atoms with Gasteiger partial charge in [0.25, 0.3) is 0 Å². The van der Waals surface area contributed by atoms with Crippen LogP contribution in [0.15, 0.2) is 24.5 Å². The van der Waals surface area contributed by atoms with E-state index < -0.39 is 0 Å². The molecule has 0 aliphatic rings. The van der Waals surface area contributed by atoms with Gasteiger partial charge in [-0.05, 0) is 43.5 Å². The third-order valence-electron chi connectivity index (χ3n) is 3.20. The maximum Gasteiger partial charge on any atom is 0.140 e. The molecule has 1 N–H and O–H groups in total. The largest absolute Gasteiger partial charge is 0.495 e. The first-order valence-corrected chi connectivity index (χ1v) is 7.15. The number of nitrogens with zero attached hydrogens (tertiary/aromatic N) is 2. The summed E-state index contributed by atoms with van der Waals surface area (Å²) < 4.78 is 10.1. The van der Waals surface area contributed by atoms with E-state index in [1.54, 1.807) is 32.7 Å². The van der Waals surface area contributed by atoms with E-state index in [1.165, 1.54) is 0 Å². The van der Waals surface area contributed by atoms with Gasteiger partial charge in [0.15, 0.2) is 0 Å². The summed E-state index contributed by atoms with van der Waals surface area (Å²) in [5, 5.41) is 8.72. The highest BCUT2D eigenvalue weighted by molar-refractivity contribution is 5.31. The van der Waals surface area contributed by atoms with E-state index in [2.05, 4.69) is 23.0 Å². The quantitative estimate of drug-likeness (QED) is 0.941. The molecule has 0 fully saturated rings. The smallest absolute Gasteiger partial charge is 0.140 e. The molecule has 0 saturated carbocycles. The molecule has 120 valence electrons. The number of hydrogen-bond acceptors (Lipinski definition) is 5. The van der Waals surface area contributed by atoms with Gasteiger partial charge >= 0.3 is 0 Å². The molecular formula is C17H24N2O3. The molecule has 0 bridgehead atoms. The lowest BCUT2D eigenvalue weighted by Crippen LogP contribution is -1.93. The molecule has 0 spiro atoms. The van der Waals surface area contributed by atoms with Gasteiger partial charge in [-0.25, -0.2) is 0 Å². The summed E-state index contributed by atoms with van der Waals surface area (Å²) in [5.74, 6) is 1.62. The Hall–Kier alpha value is -2.14. The van der Waals surface area contributed by atoms with E-state index in [9.17, 15) is 0 Å². The number of hydrogen-bond donors (Lipinski definition) is 1. The fraction of sp³-hybridized carbons (Fsp3) is 0.412.